The average molecular weight is 566 g/mol. The van der Waals surface area contributed by atoms with Crippen LogP contribution in [0.3, 0.4) is 0 Å². The van der Waals surface area contributed by atoms with E-state index in [0.717, 1.165) is 12.8 Å². The van der Waals surface area contributed by atoms with Gasteiger partial charge in [-0.15, -0.1) is 0 Å². The number of carboxylic acid groups (broad SMARTS) is 1. The van der Waals surface area contributed by atoms with Gasteiger partial charge in [-0.2, -0.15) is 0 Å². The fourth-order valence-electron chi connectivity index (χ4n) is 3.99. The number of esters is 2. The Morgan fingerprint density at radius 3 is 1.90 bits per heavy atom. The molecule has 0 radical (unpaired) electrons. The second kappa shape index (κ2) is 15.6. The molecular weight excluding hydrogens is 518 g/mol. The third kappa shape index (κ3) is 11.2. The van der Waals surface area contributed by atoms with Crippen molar-refractivity contribution in [3.05, 3.63) is 23.8 Å². The van der Waals surface area contributed by atoms with Crippen molar-refractivity contribution >= 4 is 24.1 Å². The number of carboxylic acids is 1. The third-order valence-corrected chi connectivity index (χ3v) is 6.78. The van der Waals surface area contributed by atoms with Crippen molar-refractivity contribution in [3.63, 3.8) is 0 Å². The van der Waals surface area contributed by atoms with Crippen molar-refractivity contribution in [2.45, 2.75) is 118 Å². The Labute approximate surface area is 237 Å². The molecule has 0 amide bonds. The zero-order valence-corrected chi connectivity index (χ0v) is 25.2. The quantitative estimate of drug-likeness (QED) is 0.185. The van der Waals surface area contributed by atoms with Crippen molar-refractivity contribution in [2.75, 3.05) is 0 Å². The number of nitrogens with two attached hydrogens (primary N) is 1. The minimum absolute atomic E-state index is 0.00455. The summed E-state index contributed by atoms with van der Waals surface area (Å²) in [5, 5.41) is 9.98. The zero-order valence-electron chi connectivity index (χ0n) is 25.2. The number of benzene rings is 1. The van der Waals surface area contributed by atoms with Gasteiger partial charge in [0, 0.05) is 12.8 Å². The standard InChI is InChI=1S/C30H47NO9/c1-9-12-19(4)25(32)38-23-15-14-22(16-24(23)39-26(33)20(5)13-10-2)18-30(31,27(34)35)17-21(6)37-28(36)40-29(7,8)11-3/h14-16,19-21H,9-13,17-18,31H2,1-8H3,(H,34,35)/t19?,20?,21-,30?/m0/s1. The van der Waals surface area contributed by atoms with E-state index in [0.29, 0.717) is 24.8 Å². The Hall–Kier alpha value is -3.14. The summed E-state index contributed by atoms with van der Waals surface area (Å²) in [5.41, 5.74) is 4.18. The van der Waals surface area contributed by atoms with E-state index in [2.05, 4.69) is 0 Å². The normalized spacial score (nSPS) is 15.2. The summed E-state index contributed by atoms with van der Waals surface area (Å²) in [5.74, 6) is -2.94. The molecule has 0 bridgehead atoms. The summed E-state index contributed by atoms with van der Waals surface area (Å²) >= 11 is 0. The van der Waals surface area contributed by atoms with E-state index in [9.17, 15) is 24.3 Å². The highest BCUT2D eigenvalue weighted by molar-refractivity contribution is 5.80. The first-order chi connectivity index (χ1) is 18.6. The molecule has 0 aliphatic heterocycles. The van der Waals surface area contributed by atoms with Crippen LogP contribution in [0, 0.1) is 11.8 Å². The van der Waals surface area contributed by atoms with E-state index in [1.165, 1.54) is 19.1 Å². The number of aliphatic carboxylic acids is 1. The molecule has 1 rings (SSSR count). The van der Waals surface area contributed by atoms with Gasteiger partial charge in [0.15, 0.2) is 11.5 Å². The van der Waals surface area contributed by atoms with Crippen molar-refractivity contribution < 1.29 is 43.2 Å². The molecule has 1 aromatic rings. The third-order valence-electron chi connectivity index (χ3n) is 6.78. The van der Waals surface area contributed by atoms with Gasteiger partial charge in [0.1, 0.15) is 17.2 Å². The molecule has 0 aliphatic rings. The molecule has 0 aliphatic carbocycles. The monoisotopic (exact) mass is 565 g/mol. The molecule has 40 heavy (non-hydrogen) atoms. The summed E-state index contributed by atoms with van der Waals surface area (Å²) < 4.78 is 21.7. The van der Waals surface area contributed by atoms with Crippen molar-refractivity contribution in [3.8, 4) is 11.5 Å². The van der Waals surface area contributed by atoms with Gasteiger partial charge in [0.05, 0.1) is 11.8 Å². The molecule has 0 fully saturated rings. The Kier molecular flexibility index (Phi) is 13.6. The second-order valence-electron chi connectivity index (χ2n) is 11.2. The van der Waals surface area contributed by atoms with Crippen LogP contribution in [0.5, 0.6) is 11.5 Å². The lowest BCUT2D eigenvalue weighted by Gasteiger charge is -2.29. The molecule has 0 heterocycles. The first-order valence-electron chi connectivity index (χ1n) is 14.1. The second-order valence-corrected chi connectivity index (χ2v) is 11.2. The molecule has 0 aromatic heterocycles. The van der Waals surface area contributed by atoms with Gasteiger partial charge in [0.25, 0.3) is 0 Å². The molecule has 4 atom stereocenters. The molecule has 1 aromatic carbocycles. The zero-order chi connectivity index (χ0) is 30.7. The maximum Gasteiger partial charge on any atom is 0.509 e. The SMILES string of the molecule is CCCC(C)C(=O)Oc1ccc(CC(N)(C[C@H](C)OC(=O)OC(C)(C)CC)C(=O)O)cc1OC(=O)C(C)CCC. The van der Waals surface area contributed by atoms with E-state index < -0.39 is 41.3 Å². The fraction of sp³-hybridized carbons (Fsp3) is 0.667. The van der Waals surface area contributed by atoms with Crippen LogP contribution >= 0.6 is 0 Å². The molecule has 3 unspecified atom stereocenters. The molecule has 10 nitrogen and oxygen atoms in total. The van der Waals surface area contributed by atoms with E-state index in [-0.39, 0.29) is 36.2 Å². The Morgan fingerprint density at radius 1 is 0.900 bits per heavy atom. The van der Waals surface area contributed by atoms with Crippen LogP contribution in [0.1, 0.15) is 99.5 Å². The first kappa shape index (κ1) is 34.9. The summed E-state index contributed by atoms with van der Waals surface area (Å²) in [7, 11) is 0. The van der Waals surface area contributed by atoms with E-state index in [4.69, 9.17) is 24.7 Å². The molecule has 10 heteroatoms. The molecule has 0 saturated heterocycles. The van der Waals surface area contributed by atoms with Crippen LogP contribution in [0.2, 0.25) is 0 Å². The average Bonchev–Trinajstić information content (AvgIpc) is 2.84. The number of ether oxygens (including phenoxy) is 4. The fourth-order valence-corrected chi connectivity index (χ4v) is 3.99. The maximum atomic E-state index is 12.7. The van der Waals surface area contributed by atoms with Gasteiger partial charge in [0.2, 0.25) is 0 Å². The van der Waals surface area contributed by atoms with Crippen molar-refractivity contribution in [2.24, 2.45) is 17.6 Å². The van der Waals surface area contributed by atoms with Crippen molar-refractivity contribution in [1.82, 2.24) is 0 Å². The number of hydrogen-bond donors (Lipinski definition) is 2. The van der Waals surface area contributed by atoms with Crippen LogP contribution in [0.25, 0.3) is 0 Å². The Balaban J connectivity index is 3.23. The van der Waals surface area contributed by atoms with Gasteiger partial charge in [-0.05, 0) is 57.7 Å². The molecular formula is C30H47NO9. The van der Waals surface area contributed by atoms with Gasteiger partial charge >= 0.3 is 24.1 Å². The highest BCUT2D eigenvalue weighted by Crippen LogP contribution is 2.32. The van der Waals surface area contributed by atoms with Crippen molar-refractivity contribution in [1.29, 1.82) is 0 Å². The van der Waals surface area contributed by atoms with E-state index in [1.807, 2.05) is 20.8 Å². The topological polar surface area (TPSA) is 151 Å². The van der Waals surface area contributed by atoms with Crippen LogP contribution in [-0.4, -0.2) is 46.4 Å². The maximum absolute atomic E-state index is 12.7. The number of carbonyl (C=O) groups excluding carboxylic acids is 3. The number of hydrogen-bond acceptors (Lipinski definition) is 9. The smallest absolute Gasteiger partial charge is 0.480 e. The number of carbonyl (C=O) groups is 4. The summed E-state index contributed by atoms with van der Waals surface area (Å²) in [6.45, 7) is 14.3. The predicted octanol–water partition coefficient (Wildman–Crippen LogP) is 5.81. The summed E-state index contributed by atoms with van der Waals surface area (Å²) in [4.78, 5) is 49.7. The first-order valence-corrected chi connectivity index (χ1v) is 14.1. The van der Waals surface area contributed by atoms with Gasteiger partial charge < -0.3 is 29.8 Å². The number of rotatable bonds is 16. The van der Waals surface area contributed by atoms with Gasteiger partial charge in [-0.1, -0.05) is 53.5 Å². The minimum Gasteiger partial charge on any atom is -0.480 e. The lowest BCUT2D eigenvalue weighted by Crippen LogP contribution is -2.52. The van der Waals surface area contributed by atoms with E-state index in [1.54, 1.807) is 33.8 Å². The lowest BCUT2D eigenvalue weighted by molar-refractivity contribution is -0.145. The van der Waals surface area contributed by atoms with Gasteiger partial charge in [-0.25, -0.2) is 4.79 Å². The highest BCUT2D eigenvalue weighted by atomic mass is 16.7. The van der Waals surface area contributed by atoms with Crippen LogP contribution in [-0.2, 0) is 30.3 Å². The largest absolute Gasteiger partial charge is 0.509 e. The van der Waals surface area contributed by atoms with Crippen LogP contribution < -0.4 is 15.2 Å². The molecule has 0 spiro atoms. The Bertz CT molecular complexity index is 1020. The lowest BCUT2D eigenvalue weighted by atomic mass is 9.86. The van der Waals surface area contributed by atoms with Gasteiger partial charge in [-0.3, -0.25) is 14.4 Å². The molecule has 226 valence electrons. The minimum atomic E-state index is -1.83. The van der Waals surface area contributed by atoms with Crippen LogP contribution in [0.4, 0.5) is 4.79 Å². The summed E-state index contributed by atoms with van der Waals surface area (Å²) in [6, 6.07) is 4.48. The Morgan fingerprint density at radius 2 is 1.43 bits per heavy atom. The molecule has 0 saturated carbocycles. The highest BCUT2D eigenvalue weighted by Gasteiger charge is 2.38. The van der Waals surface area contributed by atoms with Crippen LogP contribution in [0.15, 0.2) is 18.2 Å². The van der Waals surface area contributed by atoms with E-state index >= 15 is 0 Å². The predicted molar refractivity (Wildman–Crippen MR) is 150 cm³/mol. The molecule has 3 N–H and O–H groups in total. The summed E-state index contributed by atoms with van der Waals surface area (Å²) in [6.07, 6.45) is 1.23.